The second kappa shape index (κ2) is 7.71. The van der Waals surface area contributed by atoms with Gasteiger partial charge in [-0.15, -0.1) is 0 Å². The SMILES string of the molecule is COCc1nc2c(OCc3c(F)cccc3F)cc(C)cn2c1C(=O)OC. The number of imidazole rings is 1. The first-order valence-electron chi connectivity index (χ1n) is 8.10. The Bertz CT molecular complexity index is 981. The maximum absolute atomic E-state index is 13.8. The molecule has 1 aromatic carbocycles. The normalized spacial score (nSPS) is 11.0. The van der Waals surface area contributed by atoms with Gasteiger partial charge in [0, 0.05) is 13.3 Å². The van der Waals surface area contributed by atoms with Crippen molar-refractivity contribution < 1.29 is 27.8 Å². The van der Waals surface area contributed by atoms with Gasteiger partial charge in [-0.1, -0.05) is 6.07 Å². The lowest BCUT2D eigenvalue weighted by molar-refractivity contribution is 0.0587. The van der Waals surface area contributed by atoms with Crippen LogP contribution in [0.4, 0.5) is 8.78 Å². The molecule has 0 saturated carbocycles. The number of nitrogens with zero attached hydrogens (tertiary/aromatic N) is 2. The first kappa shape index (κ1) is 18.8. The molecule has 0 aliphatic carbocycles. The summed E-state index contributed by atoms with van der Waals surface area (Å²) >= 11 is 0. The largest absolute Gasteiger partial charge is 0.485 e. The molecule has 27 heavy (non-hydrogen) atoms. The third kappa shape index (κ3) is 3.61. The number of ether oxygens (including phenoxy) is 3. The van der Waals surface area contributed by atoms with Crippen LogP contribution in [0.5, 0.6) is 5.75 Å². The Morgan fingerprint density at radius 1 is 1.19 bits per heavy atom. The van der Waals surface area contributed by atoms with E-state index < -0.39 is 17.6 Å². The summed E-state index contributed by atoms with van der Waals surface area (Å²) in [5.74, 6) is -1.69. The first-order valence-corrected chi connectivity index (χ1v) is 8.10. The number of esters is 1. The monoisotopic (exact) mass is 376 g/mol. The number of pyridine rings is 1. The minimum absolute atomic E-state index is 0.0898. The van der Waals surface area contributed by atoms with E-state index in [2.05, 4.69) is 4.98 Å². The van der Waals surface area contributed by atoms with E-state index in [0.717, 1.165) is 17.7 Å². The zero-order chi connectivity index (χ0) is 19.6. The molecule has 0 radical (unpaired) electrons. The number of aryl methyl sites for hydroxylation is 1. The smallest absolute Gasteiger partial charge is 0.357 e. The minimum Gasteiger partial charge on any atom is -0.485 e. The Morgan fingerprint density at radius 3 is 2.52 bits per heavy atom. The van der Waals surface area contributed by atoms with E-state index in [1.54, 1.807) is 19.2 Å². The van der Waals surface area contributed by atoms with Crippen molar-refractivity contribution >= 4 is 11.6 Å². The van der Waals surface area contributed by atoms with E-state index >= 15 is 0 Å². The maximum atomic E-state index is 13.8. The van der Waals surface area contributed by atoms with Crippen LogP contribution < -0.4 is 4.74 Å². The molecule has 2 aromatic heterocycles. The molecule has 0 amide bonds. The summed E-state index contributed by atoms with van der Waals surface area (Å²) < 4.78 is 44.8. The van der Waals surface area contributed by atoms with Crippen LogP contribution in [-0.2, 0) is 22.7 Å². The Labute approximate surface area is 154 Å². The van der Waals surface area contributed by atoms with Gasteiger partial charge in [0.15, 0.2) is 17.1 Å². The molecule has 0 spiro atoms. The van der Waals surface area contributed by atoms with Gasteiger partial charge < -0.3 is 14.2 Å². The van der Waals surface area contributed by atoms with Gasteiger partial charge in [-0.05, 0) is 30.7 Å². The van der Waals surface area contributed by atoms with Gasteiger partial charge in [-0.3, -0.25) is 4.40 Å². The number of halogens is 2. The van der Waals surface area contributed by atoms with Crippen molar-refractivity contribution in [3.63, 3.8) is 0 Å². The molecule has 0 saturated heterocycles. The van der Waals surface area contributed by atoms with Gasteiger partial charge in [-0.25, -0.2) is 18.6 Å². The molecule has 0 unspecified atom stereocenters. The summed E-state index contributed by atoms with van der Waals surface area (Å²) in [6, 6.07) is 5.29. The molecule has 0 N–H and O–H groups in total. The third-order valence-corrected chi connectivity index (χ3v) is 3.99. The lowest BCUT2D eigenvalue weighted by atomic mass is 10.2. The number of aromatic nitrogens is 2. The van der Waals surface area contributed by atoms with E-state index in [0.29, 0.717) is 11.3 Å². The zero-order valence-corrected chi connectivity index (χ0v) is 15.1. The molecule has 0 bridgehead atoms. The summed E-state index contributed by atoms with van der Waals surface area (Å²) in [5, 5.41) is 0. The standard InChI is InChI=1S/C19H18F2N2O4/c1-11-7-16(27-9-12-13(20)5-4-6-14(12)21)18-22-15(10-25-2)17(19(24)26-3)23(18)8-11/h4-8H,9-10H2,1-3H3. The molecule has 3 rings (SSSR count). The molecule has 3 aromatic rings. The molecular formula is C19H18F2N2O4. The Kier molecular flexibility index (Phi) is 5.36. The lowest BCUT2D eigenvalue weighted by Crippen LogP contribution is -2.09. The predicted octanol–water partition coefficient (Wildman–Crippen LogP) is 3.43. The first-order chi connectivity index (χ1) is 13.0. The summed E-state index contributed by atoms with van der Waals surface area (Å²) in [5.41, 5.74) is 1.48. The average Bonchev–Trinajstić information content (AvgIpc) is 2.98. The zero-order valence-electron chi connectivity index (χ0n) is 15.1. The number of rotatable bonds is 6. The van der Waals surface area contributed by atoms with E-state index in [1.807, 2.05) is 0 Å². The fraction of sp³-hybridized carbons (Fsp3) is 0.263. The number of benzene rings is 1. The van der Waals surface area contributed by atoms with Crippen molar-refractivity contribution in [1.82, 2.24) is 9.38 Å². The Hall–Kier alpha value is -3.00. The van der Waals surface area contributed by atoms with Gasteiger partial charge in [0.1, 0.15) is 23.9 Å². The molecule has 0 atom stereocenters. The lowest BCUT2D eigenvalue weighted by Gasteiger charge is -2.10. The van der Waals surface area contributed by atoms with E-state index in [1.165, 1.54) is 24.7 Å². The van der Waals surface area contributed by atoms with Crippen LogP contribution in [0.1, 0.15) is 27.3 Å². The van der Waals surface area contributed by atoms with Gasteiger partial charge in [0.25, 0.3) is 0 Å². The van der Waals surface area contributed by atoms with Gasteiger partial charge in [0.2, 0.25) is 0 Å². The van der Waals surface area contributed by atoms with Gasteiger partial charge >= 0.3 is 5.97 Å². The third-order valence-electron chi connectivity index (χ3n) is 3.99. The summed E-state index contributed by atoms with van der Waals surface area (Å²) in [6.45, 7) is 1.57. The highest BCUT2D eigenvalue weighted by Crippen LogP contribution is 2.26. The minimum atomic E-state index is -0.697. The number of fused-ring (bicyclic) bond motifs is 1. The molecule has 142 valence electrons. The molecule has 0 fully saturated rings. The van der Waals surface area contributed by atoms with E-state index in [-0.39, 0.29) is 30.2 Å². The number of carbonyl (C=O) groups excluding carboxylic acids is 1. The number of hydrogen-bond acceptors (Lipinski definition) is 5. The molecule has 6 nitrogen and oxygen atoms in total. The quantitative estimate of drug-likeness (QED) is 0.617. The molecule has 0 aliphatic heterocycles. The second-order valence-electron chi connectivity index (χ2n) is 5.90. The highest BCUT2D eigenvalue weighted by Gasteiger charge is 2.22. The fourth-order valence-electron chi connectivity index (χ4n) is 2.77. The molecule has 8 heteroatoms. The molecule has 0 aliphatic rings. The van der Waals surface area contributed by atoms with Crippen molar-refractivity contribution in [2.45, 2.75) is 20.1 Å². The van der Waals surface area contributed by atoms with Crippen LogP contribution in [-0.4, -0.2) is 29.6 Å². The summed E-state index contributed by atoms with van der Waals surface area (Å²) in [7, 11) is 2.75. The highest BCUT2D eigenvalue weighted by molar-refractivity contribution is 5.90. The Balaban J connectivity index is 2.06. The number of hydrogen-bond donors (Lipinski definition) is 0. The number of methoxy groups -OCH3 is 2. The maximum Gasteiger partial charge on any atom is 0.357 e. The van der Waals surface area contributed by atoms with Crippen LogP contribution in [0.15, 0.2) is 30.5 Å². The number of carbonyl (C=O) groups is 1. The van der Waals surface area contributed by atoms with Crippen LogP contribution in [0.25, 0.3) is 5.65 Å². The van der Waals surface area contributed by atoms with Gasteiger partial charge in [-0.2, -0.15) is 0 Å². The predicted molar refractivity (Wildman–Crippen MR) is 92.7 cm³/mol. The average molecular weight is 376 g/mol. The van der Waals surface area contributed by atoms with Crippen LogP contribution in [0, 0.1) is 18.6 Å². The highest BCUT2D eigenvalue weighted by atomic mass is 19.1. The molecular weight excluding hydrogens is 358 g/mol. The van der Waals surface area contributed by atoms with Crippen LogP contribution in [0.3, 0.4) is 0 Å². The van der Waals surface area contributed by atoms with Crippen LogP contribution in [0.2, 0.25) is 0 Å². The van der Waals surface area contributed by atoms with Crippen molar-refractivity contribution in [2.24, 2.45) is 0 Å². The summed E-state index contributed by atoms with van der Waals surface area (Å²) in [6.07, 6.45) is 1.70. The second-order valence-corrected chi connectivity index (χ2v) is 5.90. The van der Waals surface area contributed by atoms with Crippen molar-refractivity contribution in [1.29, 1.82) is 0 Å². The topological polar surface area (TPSA) is 62.1 Å². The van der Waals surface area contributed by atoms with Crippen molar-refractivity contribution in [2.75, 3.05) is 14.2 Å². The van der Waals surface area contributed by atoms with Crippen molar-refractivity contribution in [3.05, 3.63) is 64.6 Å². The summed E-state index contributed by atoms with van der Waals surface area (Å²) in [4.78, 5) is 16.6. The molecule has 2 heterocycles. The van der Waals surface area contributed by atoms with E-state index in [9.17, 15) is 13.6 Å². The van der Waals surface area contributed by atoms with E-state index in [4.69, 9.17) is 14.2 Å². The fourth-order valence-corrected chi connectivity index (χ4v) is 2.77. The Morgan fingerprint density at radius 2 is 1.89 bits per heavy atom. The van der Waals surface area contributed by atoms with Crippen molar-refractivity contribution in [3.8, 4) is 5.75 Å². The van der Waals surface area contributed by atoms with Crippen LogP contribution >= 0.6 is 0 Å². The van der Waals surface area contributed by atoms with Gasteiger partial charge in [0.05, 0.1) is 19.3 Å².